The molecule has 0 amide bonds. The number of ether oxygens (including phenoxy) is 1. The minimum absolute atomic E-state index is 0.0645. The molecule has 0 bridgehead atoms. The van der Waals surface area contributed by atoms with Gasteiger partial charge in [0.15, 0.2) is 0 Å². The van der Waals surface area contributed by atoms with Gasteiger partial charge < -0.3 is 4.74 Å². The Kier molecular flexibility index (Phi) is 15.6. The lowest BCUT2D eigenvalue weighted by molar-refractivity contribution is 0.0515. The monoisotopic (exact) mass is 400 g/mol. The van der Waals surface area contributed by atoms with Crippen LogP contribution in [0.4, 0.5) is 0 Å². The fourth-order valence-electron chi connectivity index (χ4n) is 2.83. The maximum absolute atomic E-state index is 5.99. The van der Waals surface area contributed by atoms with Gasteiger partial charge in [-0.15, -0.1) is 0 Å². The summed E-state index contributed by atoms with van der Waals surface area (Å²) < 4.78 is 5.99. The molecule has 0 aliphatic rings. The van der Waals surface area contributed by atoms with Gasteiger partial charge >= 0.3 is 0 Å². The molecule has 0 aromatic heterocycles. The molecule has 0 radical (unpaired) electrons. The van der Waals surface area contributed by atoms with E-state index in [1.165, 1.54) is 27.8 Å². The zero-order valence-corrected chi connectivity index (χ0v) is 21.4. The van der Waals surface area contributed by atoms with Crippen molar-refractivity contribution >= 4 is 17.7 Å². The molecule has 0 aliphatic heterocycles. The summed E-state index contributed by atoms with van der Waals surface area (Å²) >= 11 is 0. The molecule has 0 heterocycles. The van der Waals surface area contributed by atoms with Gasteiger partial charge in [-0.05, 0) is 80.3 Å². The van der Waals surface area contributed by atoms with Gasteiger partial charge in [0, 0.05) is 0 Å². The predicted octanol–water partition coefficient (Wildman–Crippen LogP) is 9.22. The molecule has 0 fully saturated rings. The lowest BCUT2D eigenvalue weighted by Crippen LogP contribution is -2.16. The number of allylic oxidation sites excluding steroid dienone is 2. The Balaban J connectivity index is 0. The average molecular weight is 401 g/mol. The zero-order chi connectivity index (χ0) is 23.2. The van der Waals surface area contributed by atoms with E-state index >= 15 is 0 Å². The maximum Gasteiger partial charge on any atom is 0.0803 e. The van der Waals surface area contributed by atoms with Gasteiger partial charge in [-0.2, -0.15) is 0 Å². The van der Waals surface area contributed by atoms with E-state index < -0.39 is 0 Å². The van der Waals surface area contributed by atoms with Crippen LogP contribution in [0.5, 0.6) is 0 Å². The normalized spacial score (nSPS) is 12.8. The molecule has 29 heavy (non-hydrogen) atoms. The largest absolute Gasteiger partial charge is 0.371 e. The summed E-state index contributed by atoms with van der Waals surface area (Å²) in [5.41, 5.74) is 6.75. The summed E-state index contributed by atoms with van der Waals surface area (Å²) in [6.45, 7) is 29.3. The highest BCUT2D eigenvalue weighted by atomic mass is 16.5. The van der Waals surface area contributed by atoms with E-state index in [2.05, 4.69) is 106 Å². The Bertz CT molecular complexity index is 633. The van der Waals surface area contributed by atoms with Crippen molar-refractivity contribution in [2.24, 2.45) is 5.41 Å². The van der Waals surface area contributed by atoms with Crippen molar-refractivity contribution < 1.29 is 4.74 Å². The van der Waals surface area contributed by atoms with E-state index in [4.69, 9.17) is 4.74 Å². The Morgan fingerprint density at radius 1 is 1.03 bits per heavy atom. The molecular formula is C28H48O. The van der Waals surface area contributed by atoms with Crippen molar-refractivity contribution in [3.8, 4) is 0 Å². The SMILES string of the molecule is C=Cc1cc(CC)c(/C=C\C)cc1/C(=C\C)C(C)OC(C)C.CC.CC(C)(C)C. The highest BCUT2D eigenvalue weighted by molar-refractivity contribution is 5.78. The number of aryl methyl sites for hydroxylation is 1. The van der Waals surface area contributed by atoms with E-state index in [1.807, 2.05) is 19.9 Å². The maximum atomic E-state index is 5.99. The minimum Gasteiger partial charge on any atom is -0.371 e. The molecule has 1 aromatic rings. The first-order chi connectivity index (χ1) is 13.5. The molecule has 0 spiro atoms. The quantitative estimate of drug-likeness (QED) is 0.443. The molecule has 0 N–H and O–H groups in total. The Morgan fingerprint density at radius 3 is 1.90 bits per heavy atom. The van der Waals surface area contributed by atoms with Crippen LogP contribution in [0.1, 0.15) is 105 Å². The summed E-state index contributed by atoms with van der Waals surface area (Å²) in [5, 5.41) is 0. The van der Waals surface area contributed by atoms with Gasteiger partial charge in [0.05, 0.1) is 12.2 Å². The summed E-state index contributed by atoms with van der Waals surface area (Å²) in [7, 11) is 0. The zero-order valence-electron chi connectivity index (χ0n) is 21.4. The molecule has 166 valence electrons. The second-order valence-corrected chi connectivity index (χ2v) is 8.77. The molecule has 1 nitrogen and oxygen atoms in total. The van der Waals surface area contributed by atoms with Crippen molar-refractivity contribution in [3.05, 3.63) is 53.1 Å². The van der Waals surface area contributed by atoms with Crippen molar-refractivity contribution in [2.45, 2.75) is 102 Å². The molecule has 1 rings (SSSR count). The second kappa shape index (κ2) is 15.3. The third-order valence-corrected chi connectivity index (χ3v) is 3.79. The first kappa shape index (κ1) is 29.6. The van der Waals surface area contributed by atoms with Crippen LogP contribution in [0, 0.1) is 5.41 Å². The lowest BCUT2D eigenvalue weighted by Gasteiger charge is -2.22. The van der Waals surface area contributed by atoms with Gasteiger partial charge in [0.2, 0.25) is 0 Å². The molecule has 0 saturated carbocycles. The van der Waals surface area contributed by atoms with Crippen molar-refractivity contribution in [1.82, 2.24) is 0 Å². The first-order valence-electron chi connectivity index (χ1n) is 11.2. The van der Waals surface area contributed by atoms with Crippen molar-refractivity contribution in [2.75, 3.05) is 0 Å². The molecule has 1 aromatic carbocycles. The smallest absolute Gasteiger partial charge is 0.0803 e. The Labute approximate surface area is 183 Å². The third-order valence-electron chi connectivity index (χ3n) is 3.79. The van der Waals surface area contributed by atoms with Gasteiger partial charge in [-0.25, -0.2) is 0 Å². The summed E-state index contributed by atoms with van der Waals surface area (Å²) in [5.74, 6) is 0. The van der Waals surface area contributed by atoms with Crippen LogP contribution in [-0.2, 0) is 11.2 Å². The van der Waals surface area contributed by atoms with Crippen molar-refractivity contribution in [1.29, 1.82) is 0 Å². The Morgan fingerprint density at radius 2 is 1.55 bits per heavy atom. The highest BCUT2D eigenvalue weighted by Gasteiger charge is 2.16. The van der Waals surface area contributed by atoms with Gasteiger partial charge in [-0.3, -0.25) is 0 Å². The molecule has 0 saturated heterocycles. The second-order valence-electron chi connectivity index (χ2n) is 8.77. The molecule has 1 heteroatoms. The van der Waals surface area contributed by atoms with E-state index in [9.17, 15) is 0 Å². The van der Waals surface area contributed by atoms with Gasteiger partial charge in [-0.1, -0.05) is 85.4 Å². The van der Waals surface area contributed by atoms with E-state index in [0.29, 0.717) is 5.41 Å². The summed E-state index contributed by atoms with van der Waals surface area (Å²) in [6, 6.07) is 4.52. The van der Waals surface area contributed by atoms with Crippen LogP contribution >= 0.6 is 0 Å². The number of rotatable bonds is 7. The minimum atomic E-state index is 0.0645. The van der Waals surface area contributed by atoms with Crippen LogP contribution in [0.2, 0.25) is 0 Å². The fraction of sp³-hybridized carbons (Fsp3) is 0.571. The number of hydrogen-bond acceptors (Lipinski definition) is 1. The first-order valence-corrected chi connectivity index (χ1v) is 11.2. The van der Waals surface area contributed by atoms with E-state index in [0.717, 1.165) is 6.42 Å². The lowest BCUT2D eigenvalue weighted by atomic mass is 9.90. The van der Waals surface area contributed by atoms with Crippen LogP contribution < -0.4 is 0 Å². The fourth-order valence-corrected chi connectivity index (χ4v) is 2.83. The third kappa shape index (κ3) is 12.5. The van der Waals surface area contributed by atoms with Gasteiger partial charge in [0.25, 0.3) is 0 Å². The number of benzene rings is 1. The summed E-state index contributed by atoms with van der Waals surface area (Å²) in [6.07, 6.45) is 9.66. The standard InChI is InChI=1S/C21H30O.C5H12.C2H6/c1-8-12-19-14-21(18(10-3)13-17(19)9-2)20(11-4)16(7)22-15(5)6;1-5(2,3)4;1-2/h8,10-16H,3,9H2,1-2,4-7H3;1-4H3;1-2H3/b12-8-,20-11-;;. The van der Waals surface area contributed by atoms with Crippen molar-refractivity contribution in [3.63, 3.8) is 0 Å². The highest BCUT2D eigenvalue weighted by Crippen LogP contribution is 2.29. The van der Waals surface area contributed by atoms with E-state index in [-0.39, 0.29) is 12.2 Å². The van der Waals surface area contributed by atoms with Crippen LogP contribution in [0.15, 0.2) is 30.9 Å². The number of hydrogen-bond donors (Lipinski definition) is 0. The predicted molar refractivity (Wildman–Crippen MR) is 136 cm³/mol. The summed E-state index contributed by atoms with van der Waals surface area (Å²) in [4.78, 5) is 0. The average Bonchev–Trinajstić information content (AvgIpc) is 2.62. The van der Waals surface area contributed by atoms with Gasteiger partial charge in [0.1, 0.15) is 0 Å². The molecular weight excluding hydrogens is 352 g/mol. The molecule has 0 aliphatic carbocycles. The van der Waals surface area contributed by atoms with Crippen LogP contribution in [0.3, 0.4) is 0 Å². The van der Waals surface area contributed by atoms with E-state index in [1.54, 1.807) is 0 Å². The van der Waals surface area contributed by atoms with Crippen LogP contribution in [0.25, 0.3) is 17.7 Å². The molecule has 1 atom stereocenters. The Hall–Kier alpha value is -1.60. The molecule has 1 unspecified atom stereocenters. The van der Waals surface area contributed by atoms with Crippen LogP contribution in [-0.4, -0.2) is 12.2 Å². The topological polar surface area (TPSA) is 9.23 Å².